The summed E-state index contributed by atoms with van der Waals surface area (Å²) in [5, 5.41) is 12.3. The van der Waals surface area contributed by atoms with Gasteiger partial charge >= 0.3 is 0 Å². The standard InChI is InChI=1S/C26H31N3O/c27-18-22-6-9-24-19-29(15-13-23(24)16-22)14-12-20-7-10-25(11-8-20)28-26(30)17-21-4-2-1-3-5-21/h1-6,9,16,20,25H,7-8,10-15,17,19H2,(H,28,30). The number of rotatable bonds is 6. The highest BCUT2D eigenvalue weighted by Gasteiger charge is 2.24. The number of nitrogens with zero attached hydrogens (tertiary/aromatic N) is 2. The van der Waals surface area contributed by atoms with E-state index in [0.29, 0.717) is 12.5 Å². The van der Waals surface area contributed by atoms with Gasteiger partial charge in [-0.1, -0.05) is 36.4 Å². The average molecular weight is 402 g/mol. The first-order valence-corrected chi connectivity index (χ1v) is 11.3. The molecule has 0 saturated heterocycles. The van der Waals surface area contributed by atoms with Crippen molar-refractivity contribution in [3.05, 3.63) is 70.8 Å². The molecule has 0 bridgehead atoms. The van der Waals surface area contributed by atoms with Gasteiger partial charge in [-0.25, -0.2) is 0 Å². The van der Waals surface area contributed by atoms with Crippen molar-refractivity contribution >= 4 is 5.91 Å². The van der Waals surface area contributed by atoms with Gasteiger partial charge in [0.1, 0.15) is 0 Å². The number of nitriles is 1. The number of fused-ring (bicyclic) bond motifs is 1. The molecule has 1 N–H and O–H groups in total. The Morgan fingerprint density at radius 3 is 2.63 bits per heavy atom. The fourth-order valence-corrected chi connectivity index (χ4v) is 4.89. The zero-order valence-electron chi connectivity index (χ0n) is 17.6. The van der Waals surface area contributed by atoms with Crippen LogP contribution in [0, 0.1) is 17.2 Å². The van der Waals surface area contributed by atoms with Crippen molar-refractivity contribution in [3.8, 4) is 6.07 Å². The summed E-state index contributed by atoms with van der Waals surface area (Å²) < 4.78 is 0. The van der Waals surface area contributed by atoms with Gasteiger partial charge in [0.05, 0.1) is 18.1 Å². The van der Waals surface area contributed by atoms with E-state index in [1.165, 1.54) is 30.4 Å². The second-order valence-electron chi connectivity index (χ2n) is 8.86. The van der Waals surface area contributed by atoms with E-state index in [2.05, 4.69) is 28.4 Å². The molecule has 2 aromatic rings. The summed E-state index contributed by atoms with van der Waals surface area (Å²) in [5.74, 6) is 0.922. The van der Waals surface area contributed by atoms with Crippen LogP contribution in [0.4, 0.5) is 0 Å². The Labute approximate surface area is 179 Å². The first-order valence-electron chi connectivity index (χ1n) is 11.3. The van der Waals surface area contributed by atoms with Crippen molar-refractivity contribution in [2.45, 2.75) is 57.5 Å². The molecule has 0 spiro atoms. The third kappa shape index (κ3) is 5.49. The van der Waals surface area contributed by atoms with Gasteiger partial charge in [-0.15, -0.1) is 0 Å². The Kier molecular flexibility index (Phi) is 6.81. The molecule has 1 amide bonds. The van der Waals surface area contributed by atoms with Gasteiger partial charge in [0, 0.05) is 19.1 Å². The molecule has 0 radical (unpaired) electrons. The molecule has 1 heterocycles. The van der Waals surface area contributed by atoms with Crippen LogP contribution in [0.15, 0.2) is 48.5 Å². The largest absolute Gasteiger partial charge is 0.353 e. The second kappa shape index (κ2) is 9.91. The van der Waals surface area contributed by atoms with Gasteiger partial charge in [0.25, 0.3) is 0 Å². The molecule has 2 aliphatic rings. The van der Waals surface area contributed by atoms with Crippen LogP contribution in [0.25, 0.3) is 0 Å². The van der Waals surface area contributed by atoms with Crippen LogP contribution in [-0.2, 0) is 24.2 Å². The number of carbonyl (C=O) groups is 1. The maximum absolute atomic E-state index is 12.3. The zero-order chi connectivity index (χ0) is 20.8. The first kappa shape index (κ1) is 20.6. The Hall–Kier alpha value is -2.64. The van der Waals surface area contributed by atoms with Gasteiger partial charge in [-0.2, -0.15) is 5.26 Å². The zero-order valence-corrected chi connectivity index (χ0v) is 17.6. The maximum Gasteiger partial charge on any atom is 0.224 e. The molecule has 1 aliphatic heterocycles. The van der Waals surface area contributed by atoms with Crippen molar-refractivity contribution in [1.82, 2.24) is 10.2 Å². The van der Waals surface area contributed by atoms with Crippen molar-refractivity contribution in [2.24, 2.45) is 5.92 Å². The molecule has 1 saturated carbocycles. The highest BCUT2D eigenvalue weighted by molar-refractivity contribution is 5.78. The van der Waals surface area contributed by atoms with Gasteiger partial charge in [0.15, 0.2) is 0 Å². The van der Waals surface area contributed by atoms with E-state index in [1.807, 2.05) is 36.4 Å². The SMILES string of the molecule is N#Cc1ccc2c(c1)CCN(CCC1CCC(NC(=O)Cc3ccccc3)CC1)C2. The molecule has 4 heteroatoms. The van der Waals surface area contributed by atoms with E-state index in [9.17, 15) is 4.79 Å². The number of carbonyl (C=O) groups excluding carboxylic acids is 1. The Bertz CT molecular complexity index is 894. The summed E-state index contributed by atoms with van der Waals surface area (Å²) in [4.78, 5) is 14.9. The van der Waals surface area contributed by atoms with Crippen molar-refractivity contribution < 1.29 is 4.79 Å². The van der Waals surface area contributed by atoms with Crippen LogP contribution in [0.2, 0.25) is 0 Å². The molecule has 1 fully saturated rings. The minimum absolute atomic E-state index is 0.149. The summed E-state index contributed by atoms with van der Waals surface area (Å²) in [6, 6.07) is 18.7. The van der Waals surface area contributed by atoms with Crippen LogP contribution in [0.3, 0.4) is 0 Å². The van der Waals surface area contributed by atoms with Crippen molar-refractivity contribution in [1.29, 1.82) is 5.26 Å². The summed E-state index contributed by atoms with van der Waals surface area (Å²) in [5.41, 5.74) is 4.58. The molecule has 156 valence electrons. The van der Waals surface area contributed by atoms with E-state index in [-0.39, 0.29) is 5.91 Å². The molecule has 4 rings (SSSR count). The predicted octanol–water partition coefficient (Wildman–Crippen LogP) is 4.22. The fraction of sp³-hybridized carbons (Fsp3) is 0.462. The van der Waals surface area contributed by atoms with Crippen molar-refractivity contribution in [2.75, 3.05) is 13.1 Å². The number of nitrogens with one attached hydrogen (secondary N) is 1. The minimum atomic E-state index is 0.149. The van der Waals surface area contributed by atoms with Gasteiger partial charge in [0.2, 0.25) is 5.91 Å². The van der Waals surface area contributed by atoms with Gasteiger partial charge in [-0.3, -0.25) is 9.69 Å². The second-order valence-corrected chi connectivity index (χ2v) is 8.86. The molecule has 1 aliphatic carbocycles. The Morgan fingerprint density at radius 2 is 1.87 bits per heavy atom. The summed E-state index contributed by atoms with van der Waals surface area (Å²) >= 11 is 0. The molecule has 30 heavy (non-hydrogen) atoms. The Morgan fingerprint density at radius 1 is 1.07 bits per heavy atom. The quantitative estimate of drug-likeness (QED) is 0.788. The lowest BCUT2D eigenvalue weighted by Gasteiger charge is -2.33. The highest BCUT2D eigenvalue weighted by atomic mass is 16.1. The van der Waals surface area contributed by atoms with E-state index < -0.39 is 0 Å². The molecular weight excluding hydrogens is 370 g/mol. The normalized spacial score (nSPS) is 21.4. The topological polar surface area (TPSA) is 56.1 Å². The Balaban J connectivity index is 1.16. The lowest BCUT2D eigenvalue weighted by Crippen LogP contribution is -2.39. The molecule has 2 aromatic carbocycles. The van der Waals surface area contributed by atoms with Crippen LogP contribution in [-0.4, -0.2) is 29.9 Å². The number of hydrogen-bond donors (Lipinski definition) is 1. The van der Waals surface area contributed by atoms with E-state index in [0.717, 1.165) is 55.9 Å². The van der Waals surface area contributed by atoms with Crippen LogP contribution >= 0.6 is 0 Å². The van der Waals surface area contributed by atoms with Gasteiger partial charge in [-0.05, 0) is 79.8 Å². The van der Waals surface area contributed by atoms with E-state index >= 15 is 0 Å². The smallest absolute Gasteiger partial charge is 0.224 e. The van der Waals surface area contributed by atoms with E-state index in [1.54, 1.807) is 0 Å². The summed E-state index contributed by atoms with van der Waals surface area (Å²) in [6.45, 7) is 3.24. The molecule has 0 unspecified atom stereocenters. The van der Waals surface area contributed by atoms with Crippen LogP contribution in [0.1, 0.15) is 54.4 Å². The maximum atomic E-state index is 12.3. The van der Waals surface area contributed by atoms with E-state index in [4.69, 9.17) is 5.26 Å². The third-order valence-electron chi connectivity index (χ3n) is 6.70. The van der Waals surface area contributed by atoms with Crippen molar-refractivity contribution in [3.63, 3.8) is 0 Å². The highest BCUT2D eigenvalue weighted by Crippen LogP contribution is 2.28. The first-order chi connectivity index (χ1) is 14.7. The average Bonchev–Trinajstić information content (AvgIpc) is 2.78. The number of amides is 1. The monoisotopic (exact) mass is 401 g/mol. The third-order valence-corrected chi connectivity index (χ3v) is 6.70. The minimum Gasteiger partial charge on any atom is -0.353 e. The molecule has 4 nitrogen and oxygen atoms in total. The summed E-state index contributed by atoms with van der Waals surface area (Å²) in [7, 11) is 0. The molecular formula is C26H31N3O. The molecule has 0 aromatic heterocycles. The van der Waals surface area contributed by atoms with Gasteiger partial charge < -0.3 is 5.32 Å². The number of hydrogen-bond acceptors (Lipinski definition) is 3. The number of benzene rings is 2. The lowest BCUT2D eigenvalue weighted by atomic mass is 9.83. The van der Waals surface area contributed by atoms with Crippen LogP contribution < -0.4 is 5.32 Å². The van der Waals surface area contributed by atoms with Crippen LogP contribution in [0.5, 0.6) is 0 Å². The lowest BCUT2D eigenvalue weighted by molar-refractivity contribution is -0.121. The summed E-state index contributed by atoms with van der Waals surface area (Å²) in [6.07, 6.45) is 7.41. The predicted molar refractivity (Wildman–Crippen MR) is 119 cm³/mol. The fourth-order valence-electron chi connectivity index (χ4n) is 4.89. The molecule has 0 atom stereocenters.